The third-order valence-electron chi connectivity index (χ3n) is 2.61. The summed E-state index contributed by atoms with van der Waals surface area (Å²) in [6.45, 7) is 1.80. The maximum atomic E-state index is 11.0. The zero-order valence-electron chi connectivity index (χ0n) is 12.3. The van der Waals surface area contributed by atoms with Gasteiger partial charge in [0.25, 0.3) is 0 Å². The third-order valence-corrected chi connectivity index (χ3v) is 3.70. The van der Waals surface area contributed by atoms with Crippen molar-refractivity contribution in [2.45, 2.75) is 58.3 Å². The summed E-state index contributed by atoms with van der Waals surface area (Å²) >= 11 is 0. The molecule has 1 N–H and O–H groups in total. The van der Waals surface area contributed by atoms with Crippen LogP contribution in [0.25, 0.3) is 0 Å². The van der Waals surface area contributed by atoms with E-state index in [1.165, 1.54) is 44.8 Å². The molecule has 0 aromatic rings. The van der Waals surface area contributed by atoms with E-state index in [0.29, 0.717) is 0 Å². The second-order valence-corrected chi connectivity index (χ2v) is 6.08. The van der Waals surface area contributed by atoms with Crippen LogP contribution in [0.2, 0.25) is 0 Å². The van der Waals surface area contributed by atoms with Gasteiger partial charge in [-0.2, -0.15) is 8.42 Å². The second-order valence-electron chi connectivity index (χ2n) is 4.36. The fraction of sp³-hybridized carbons (Fsp3) is 0.846. The Morgan fingerprint density at radius 3 is 2.21 bits per heavy atom. The number of allylic oxidation sites excluding steroid dienone is 1. The molecule has 0 atom stereocenters. The predicted molar refractivity (Wildman–Crippen MR) is 79.5 cm³/mol. The summed E-state index contributed by atoms with van der Waals surface area (Å²) in [5.41, 5.74) is 0. The summed E-state index contributed by atoms with van der Waals surface area (Å²) in [5, 5.41) is 8.48. The van der Waals surface area contributed by atoms with Crippen molar-refractivity contribution in [3.05, 3.63) is 12.3 Å². The van der Waals surface area contributed by atoms with Gasteiger partial charge in [-0.05, 0) is 18.9 Å². The van der Waals surface area contributed by atoms with E-state index in [4.69, 9.17) is 5.11 Å². The zero-order valence-corrected chi connectivity index (χ0v) is 15.1. The van der Waals surface area contributed by atoms with Crippen LogP contribution in [0.15, 0.2) is 12.3 Å². The number of hydrogen-bond acceptors (Lipinski definition) is 4. The number of hydrogen-bond donors (Lipinski definition) is 1. The minimum absolute atomic E-state index is 0. The van der Waals surface area contributed by atoms with Gasteiger partial charge in [0.05, 0.1) is 6.61 Å². The Bertz CT molecular complexity index is 302. The Kier molecular flexibility index (Phi) is 17.0. The molecule has 109 valence electrons. The van der Waals surface area contributed by atoms with Crippen LogP contribution in [0, 0.1) is 0 Å². The van der Waals surface area contributed by atoms with Gasteiger partial charge >= 0.3 is 10.1 Å². The molecule has 0 bridgehead atoms. The van der Waals surface area contributed by atoms with Crippen LogP contribution >= 0.6 is 0 Å². The Labute approximate surface area is 140 Å². The van der Waals surface area contributed by atoms with Gasteiger partial charge in [0.1, 0.15) is 12.0 Å². The molecule has 19 heavy (non-hydrogen) atoms. The van der Waals surface area contributed by atoms with Crippen LogP contribution in [0.4, 0.5) is 0 Å². The average Bonchev–Trinajstić information content (AvgIpc) is 2.31. The van der Waals surface area contributed by atoms with Crippen molar-refractivity contribution in [3.63, 3.8) is 0 Å². The number of rotatable bonds is 12. The maximum Gasteiger partial charge on any atom is 0.310 e. The summed E-state index contributed by atoms with van der Waals surface area (Å²) < 4.78 is 26.6. The molecule has 4 nitrogen and oxygen atoms in total. The number of aliphatic hydroxyl groups excluding tert-OH is 1. The first kappa shape index (κ1) is 21.7. The molecular weight excluding hydrogens is 275 g/mol. The van der Waals surface area contributed by atoms with Gasteiger partial charge in [0, 0.05) is 29.6 Å². The Hall–Kier alpha value is 0.450. The molecule has 0 amide bonds. The minimum Gasteiger partial charge on any atom is -0.395 e. The monoisotopic (exact) mass is 301 g/mol. The number of unbranched alkanes of at least 4 members (excludes halogenated alkanes) is 7. The predicted octanol–water partition coefficient (Wildman–Crippen LogP) is 2.60. The molecule has 0 saturated carbocycles. The average molecular weight is 301 g/mol. The first-order valence-corrected chi connectivity index (χ1v) is 8.37. The van der Waals surface area contributed by atoms with E-state index in [1.807, 2.05) is 0 Å². The normalized spacial score (nSPS) is 11.5. The molecular formula is C13H26NaO4S. The van der Waals surface area contributed by atoms with Crippen LogP contribution in [-0.4, -0.2) is 55.4 Å². The van der Waals surface area contributed by atoms with E-state index in [2.05, 4.69) is 11.1 Å². The van der Waals surface area contributed by atoms with E-state index >= 15 is 0 Å². The smallest absolute Gasteiger partial charge is 0.310 e. The molecule has 0 aliphatic carbocycles. The van der Waals surface area contributed by atoms with Gasteiger partial charge in [-0.15, -0.1) is 0 Å². The molecule has 0 aliphatic rings. The first-order valence-electron chi connectivity index (χ1n) is 6.79. The summed E-state index contributed by atoms with van der Waals surface area (Å²) in [6, 6.07) is 0. The van der Waals surface area contributed by atoms with Crippen molar-refractivity contribution in [2.75, 3.05) is 12.4 Å². The van der Waals surface area contributed by atoms with Gasteiger partial charge in [-0.25, -0.2) is 0 Å². The molecule has 0 rings (SSSR count). The fourth-order valence-electron chi connectivity index (χ4n) is 1.57. The second kappa shape index (κ2) is 14.9. The maximum absolute atomic E-state index is 11.0. The van der Waals surface area contributed by atoms with E-state index in [1.54, 1.807) is 6.08 Å². The van der Waals surface area contributed by atoms with Gasteiger partial charge in [0.2, 0.25) is 0 Å². The van der Waals surface area contributed by atoms with Crippen LogP contribution in [-0.2, 0) is 14.3 Å². The van der Waals surface area contributed by atoms with Crippen LogP contribution in [0.3, 0.4) is 0 Å². The summed E-state index contributed by atoms with van der Waals surface area (Å²) in [7, 11) is -3.58. The molecule has 0 aliphatic heterocycles. The summed E-state index contributed by atoms with van der Waals surface area (Å²) in [6.07, 6.45) is 12.4. The van der Waals surface area contributed by atoms with Gasteiger partial charge in [-0.1, -0.05) is 45.4 Å². The molecule has 1 radical (unpaired) electrons. The van der Waals surface area contributed by atoms with Crippen molar-refractivity contribution in [1.29, 1.82) is 0 Å². The Morgan fingerprint density at radius 2 is 1.63 bits per heavy atom. The van der Waals surface area contributed by atoms with Crippen molar-refractivity contribution in [1.82, 2.24) is 0 Å². The molecule has 0 spiro atoms. The number of aliphatic hydroxyl groups is 1. The van der Waals surface area contributed by atoms with Crippen LogP contribution in [0.5, 0.6) is 0 Å². The molecule has 0 fully saturated rings. The quantitative estimate of drug-likeness (QED) is 0.260. The first-order chi connectivity index (χ1) is 8.62. The molecule has 0 unspecified atom stereocenters. The third kappa shape index (κ3) is 16.4. The van der Waals surface area contributed by atoms with Crippen LogP contribution < -0.4 is 0 Å². The van der Waals surface area contributed by atoms with Crippen molar-refractivity contribution >= 4 is 39.7 Å². The fourth-order valence-corrected chi connectivity index (χ4v) is 2.14. The van der Waals surface area contributed by atoms with Gasteiger partial charge < -0.3 is 9.29 Å². The zero-order chi connectivity index (χ0) is 13.7. The topological polar surface area (TPSA) is 63.6 Å². The largest absolute Gasteiger partial charge is 0.395 e. The van der Waals surface area contributed by atoms with Gasteiger partial charge in [0.15, 0.2) is 0 Å². The van der Waals surface area contributed by atoms with E-state index in [9.17, 15) is 8.42 Å². The molecule has 0 aromatic heterocycles. The standard InChI is InChI=1S/C13H26O4S.Na/c1-2-3-4-5-6-7-8-9-10-12-17-18(15,16)13-11-14;/h10,12,14H,2-9,11,13H2,1H3;. The molecule has 6 heteroatoms. The van der Waals surface area contributed by atoms with Crippen LogP contribution in [0.1, 0.15) is 58.3 Å². The van der Waals surface area contributed by atoms with E-state index in [0.717, 1.165) is 12.8 Å². The molecule has 0 saturated heterocycles. The van der Waals surface area contributed by atoms with E-state index < -0.39 is 16.7 Å². The van der Waals surface area contributed by atoms with Crippen molar-refractivity contribution in [3.8, 4) is 0 Å². The van der Waals surface area contributed by atoms with Crippen molar-refractivity contribution < 1.29 is 17.7 Å². The summed E-state index contributed by atoms with van der Waals surface area (Å²) in [4.78, 5) is 0. The Balaban J connectivity index is 0. The van der Waals surface area contributed by atoms with E-state index in [-0.39, 0.29) is 35.3 Å². The summed E-state index contributed by atoms with van der Waals surface area (Å²) in [5.74, 6) is -0.352. The van der Waals surface area contributed by atoms with Gasteiger partial charge in [-0.3, -0.25) is 0 Å². The van der Waals surface area contributed by atoms with Crippen molar-refractivity contribution in [2.24, 2.45) is 0 Å². The Morgan fingerprint density at radius 1 is 1.05 bits per heavy atom. The molecule has 0 aromatic carbocycles. The minimum atomic E-state index is -3.58. The molecule has 0 heterocycles. The SMILES string of the molecule is CCCCCCCCCC=COS(=O)(=O)CCO.[Na].